The lowest BCUT2D eigenvalue weighted by atomic mass is 9.90. The van der Waals surface area contributed by atoms with Crippen molar-refractivity contribution in [2.75, 3.05) is 25.2 Å². The fraction of sp³-hybridized carbons (Fsp3) is 0.625. The molecule has 2 fully saturated rings. The van der Waals surface area contributed by atoms with Crippen molar-refractivity contribution in [3.8, 4) is 5.75 Å². The fourth-order valence-electron chi connectivity index (χ4n) is 3.21. The van der Waals surface area contributed by atoms with E-state index in [1.807, 2.05) is 30.0 Å². The van der Waals surface area contributed by atoms with Crippen LogP contribution in [-0.2, 0) is 11.3 Å². The molecule has 1 spiro atoms. The first-order valence-electron chi connectivity index (χ1n) is 7.49. The third-order valence-corrected chi connectivity index (χ3v) is 6.00. The van der Waals surface area contributed by atoms with Crippen LogP contribution in [0.1, 0.15) is 24.8 Å². The third kappa shape index (κ3) is 3.50. The van der Waals surface area contributed by atoms with Crippen molar-refractivity contribution in [2.45, 2.75) is 37.5 Å². The van der Waals surface area contributed by atoms with E-state index in [4.69, 9.17) is 21.1 Å². The van der Waals surface area contributed by atoms with Crippen molar-refractivity contribution in [2.24, 2.45) is 0 Å². The van der Waals surface area contributed by atoms with E-state index in [0.29, 0.717) is 6.04 Å². The summed E-state index contributed by atoms with van der Waals surface area (Å²) in [6, 6.07) is 6.30. The molecule has 2 unspecified atom stereocenters. The standard InChI is InChI=1S/C16H22ClNO2S/c1-19-15-4-2-3-14(17)13(15)10-18-12-5-7-20-16(9-12)6-8-21-11-16/h2-4,12,18H,5-11H2,1H3. The average Bonchev–Trinajstić information content (AvgIpc) is 2.93. The van der Waals surface area contributed by atoms with E-state index in [9.17, 15) is 0 Å². The Hall–Kier alpha value is -0.420. The molecule has 116 valence electrons. The number of benzene rings is 1. The minimum atomic E-state index is 0.116. The molecule has 2 atom stereocenters. The molecular weight excluding hydrogens is 306 g/mol. The summed E-state index contributed by atoms with van der Waals surface area (Å²) < 4.78 is 11.5. The van der Waals surface area contributed by atoms with Crippen LogP contribution in [0.15, 0.2) is 18.2 Å². The molecule has 3 rings (SSSR count). The molecule has 1 N–H and O–H groups in total. The Bertz CT molecular complexity index is 491. The predicted molar refractivity (Wildman–Crippen MR) is 88.5 cm³/mol. The van der Waals surface area contributed by atoms with Gasteiger partial charge in [0.1, 0.15) is 5.75 Å². The molecule has 0 aromatic heterocycles. The predicted octanol–water partition coefficient (Wildman–Crippen LogP) is 3.49. The lowest BCUT2D eigenvalue weighted by Crippen LogP contribution is -2.47. The third-order valence-electron chi connectivity index (χ3n) is 4.42. The summed E-state index contributed by atoms with van der Waals surface area (Å²) in [5.74, 6) is 3.22. The zero-order valence-corrected chi connectivity index (χ0v) is 13.9. The van der Waals surface area contributed by atoms with Crippen LogP contribution in [0.4, 0.5) is 0 Å². The minimum Gasteiger partial charge on any atom is -0.496 e. The number of methoxy groups -OCH3 is 1. The summed E-state index contributed by atoms with van der Waals surface area (Å²) in [6.45, 7) is 1.61. The van der Waals surface area contributed by atoms with E-state index < -0.39 is 0 Å². The molecule has 2 aliphatic rings. The first kappa shape index (κ1) is 15.5. The second kappa shape index (κ2) is 6.78. The van der Waals surface area contributed by atoms with Crippen molar-refractivity contribution in [3.63, 3.8) is 0 Å². The lowest BCUT2D eigenvalue weighted by Gasteiger charge is -2.38. The summed E-state index contributed by atoms with van der Waals surface area (Å²) in [6.07, 6.45) is 3.36. The molecule has 2 heterocycles. The molecule has 3 nitrogen and oxygen atoms in total. The minimum absolute atomic E-state index is 0.116. The van der Waals surface area contributed by atoms with Gasteiger partial charge in [-0.25, -0.2) is 0 Å². The van der Waals surface area contributed by atoms with Crippen LogP contribution in [0, 0.1) is 0 Å². The Morgan fingerprint density at radius 3 is 3.19 bits per heavy atom. The first-order valence-corrected chi connectivity index (χ1v) is 9.02. The second-order valence-electron chi connectivity index (χ2n) is 5.83. The largest absolute Gasteiger partial charge is 0.496 e. The Labute approximate surface area is 135 Å². The molecule has 21 heavy (non-hydrogen) atoms. The van der Waals surface area contributed by atoms with Gasteiger partial charge >= 0.3 is 0 Å². The maximum Gasteiger partial charge on any atom is 0.124 e. The molecule has 2 saturated heterocycles. The van der Waals surface area contributed by atoms with Crippen molar-refractivity contribution in [1.29, 1.82) is 0 Å². The lowest BCUT2D eigenvalue weighted by molar-refractivity contribution is -0.0703. The quantitative estimate of drug-likeness (QED) is 0.917. The van der Waals surface area contributed by atoms with Crippen LogP contribution < -0.4 is 10.1 Å². The van der Waals surface area contributed by atoms with Gasteiger partial charge in [0.05, 0.1) is 12.7 Å². The Morgan fingerprint density at radius 1 is 1.52 bits per heavy atom. The number of nitrogens with one attached hydrogen (secondary N) is 1. The van der Waals surface area contributed by atoms with Gasteiger partial charge in [-0.15, -0.1) is 0 Å². The van der Waals surface area contributed by atoms with Gasteiger partial charge < -0.3 is 14.8 Å². The summed E-state index contributed by atoms with van der Waals surface area (Å²) >= 11 is 8.31. The van der Waals surface area contributed by atoms with E-state index in [1.165, 1.54) is 12.2 Å². The number of hydrogen-bond acceptors (Lipinski definition) is 4. The van der Waals surface area contributed by atoms with Gasteiger partial charge in [-0.05, 0) is 37.1 Å². The van der Waals surface area contributed by atoms with Crippen molar-refractivity contribution in [3.05, 3.63) is 28.8 Å². The number of halogens is 1. The Morgan fingerprint density at radius 2 is 2.43 bits per heavy atom. The van der Waals surface area contributed by atoms with Gasteiger partial charge in [0.2, 0.25) is 0 Å². The topological polar surface area (TPSA) is 30.5 Å². The highest BCUT2D eigenvalue weighted by molar-refractivity contribution is 7.99. The van der Waals surface area contributed by atoms with E-state index in [0.717, 1.165) is 48.1 Å². The van der Waals surface area contributed by atoms with Gasteiger partial charge in [-0.1, -0.05) is 17.7 Å². The van der Waals surface area contributed by atoms with Gasteiger partial charge in [-0.3, -0.25) is 0 Å². The monoisotopic (exact) mass is 327 g/mol. The fourth-order valence-corrected chi connectivity index (χ4v) is 4.82. The van der Waals surface area contributed by atoms with Crippen LogP contribution in [0.2, 0.25) is 5.02 Å². The highest BCUT2D eigenvalue weighted by Gasteiger charge is 2.40. The van der Waals surface area contributed by atoms with Crippen LogP contribution >= 0.6 is 23.4 Å². The summed E-state index contributed by atoms with van der Waals surface area (Å²) in [5.41, 5.74) is 1.16. The van der Waals surface area contributed by atoms with E-state index in [-0.39, 0.29) is 5.60 Å². The number of ether oxygens (including phenoxy) is 2. The van der Waals surface area contributed by atoms with Crippen molar-refractivity contribution < 1.29 is 9.47 Å². The van der Waals surface area contributed by atoms with Crippen LogP contribution in [0.25, 0.3) is 0 Å². The van der Waals surface area contributed by atoms with Gasteiger partial charge in [0, 0.05) is 35.5 Å². The zero-order chi connectivity index (χ0) is 14.7. The van der Waals surface area contributed by atoms with E-state index >= 15 is 0 Å². The molecule has 5 heteroatoms. The SMILES string of the molecule is COc1cccc(Cl)c1CNC1CCOC2(CCSC2)C1. The zero-order valence-electron chi connectivity index (χ0n) is 12.4. The Kier molecular flexibility index (Phi) is 4.99. The molecular formula is C16H22ClNO2S. The van der Waals surface area contributed by atoms with Gasteiger partial charge in [0.25, 0.3) is 0 Å². The molecule has 0 bridgehead atoms. The Balaban J connectivity index is 1.62. The van der Waals surface area contributed by atoms with Gasteiger partial charge in [0.15, 0.2) is 0 Å². The molecule has 0 radical (unpaired) electrons. The second-order valence-corrected chi connectivity index (χ2v) is 7.34. The highest BCUT2D eigenvalue weighted by atomic mass is 35.5. The summed E-state index contributed by atoms with van der Waals surface area (Å²) in [7, 11) is 1.69. The molecule has 0 saturated carbocycles. The molecule has 0 amide bonds. The molecule has 1 aromatic carbocycles. The molecule has 1 aromatic rings. The highest BCUT2D eigenvalue weighted by Crippen LogP contribution is 2.38. The maximum atomic E-state index is 6.30. The summed E-state index contributed by atoms with van der Waals surface area (Å²) in [4.78, 5) is 0. The van der Waals surface area contributed by atoms with E-state index in [1.54, 1.807) is 7.11 Å². The smallest absolute Gasteiger partial charge is 0.124 e. The number of hydrogen-bond donors (Lipinski definition) is 1. The normalized spacial score (nSPS) is 29.0. The van der Waals surface area contributed by atoms with Crippen molar-refractivity contribution in [1.82, 2.24) is 5.32 Å². The maximum absolute atomic E-state index is 6.30. The van der Waals surface area contributed by atoms with Crippen molar-refractivity contribution >= 4 is 23.4 Å². The molecule has 0 aliphatic carbocycles. The first-order chi connectivity index (χ1) is 10.2. The van der Waals surface area contributed by atoms with E-state index in [2.05, 4.69) is 5.32 Å². The van der Waals surface area contributed by atoms with Crippen LogP contribution in [-0.4, -0.2) is 36.9 Å². The van der Waals surface area contributed by atoms with Crippen LogP contribution in [0.5, 0.6) is 5.75 Å². The summed E-state index contributed by atoms with van der Waals surface area (Å²) in [5, 5.41) is 4.41. The average molecular weight is 328 g/mol. The van der Waals surface area contributed by atoms with Gasteiger partial charge in [-0.2, -0.15) is 11.8 Å². The number of thioether (sulfide) groups is 1. The number of rotatable bonds is 4. The van der Waals surface area contributed by atoms with Crippen LogP contribution in [0.3, 0.4) is 0 Å². The molecule has 2 aliphatic heterocycles.